The lowest BCUT2D eigenvalue weighted by atomic mass is 9.89. The van der Waals surface area contributed by atoms with Crippen LogP contribution in [0.4, 0.5) is 0 Å². The van der Waals surface area contributed by atoms with Crippen LogP contribution in [0.1, 0.15) is 70.0 Å². The fraction of sp³-hybridized carbons (Fsp3) is 0.778. The Hall–Kier alpha value is -1.92. The highest BCUT2D eigenvalue weighted by Gasteiger charge is 2.40. The topological polar surface area (TPSA) is 97.1 Å². The summed E-state index contributed by atoms with van der Waals surface area (Å²) in [5.74, 6) is 1.70. The van der Waals surface area contributed by atoms with Gasteiger partial charge in [-0.15, -0.1) is 0 Å². The molecule has 2 N–H and O–H groups in total. The van der Waals surface area contributed by atoms with Gasteiger partial charge < -0.3 is 15.2 Å². The lowest BCUT2D eigenvalue weighted by Gasteiger charge is -2.30. The molecule has 3 rings (SSSR count). The summed E-state index contributed by atoms with van der Waals surface area (Å²) in [7, 11) is 0. The van der Waals surface area contributed by atoms with Crippen LogP contribution in [0.3, 0.4) is 0 Å². The first-order valence-electron chi connectivity index (χ1n) is 9.40. The Bertz CT molecular complexity index is 620. The highest BCUT2D eigenvalue weighted by atomic mass is 16.5. The van der Waals surface area contributed by atoms with Crippen molar-refractivity contribution < 1.29 is 14.1 Å². The van der Waals surface area contributed by atoms with E-state index in [2.05, 4.69) is 27.7 Å². The molecule has 0 bridgehead atoms. The second-order valence-electron chi connectivity index (χ2n) is 7.54. The smallest absolute Gasteiger partial charge is 0.223 e. The molecule has 2 aliphatic carbocycles. The molecular weight excluding hydrogens is 320 g/mol. The molecule has 2 aliphatic rings. The maximum absolute atomic E-state index is 12.5. The van der Waals surface area contributed by atoms with E-state index >= 15 is 0 Å². The van der Waals surface area contributed by atoms with Gasteiger partial charge in [-0.2, -0.15) is 4.98 Å². The lowest BCUT2D eigenvalue weighted by molar-refractivity contribution is -0.124. The number of nitrogens with one attached hydrogen (secondary N) is 2. The van der Waals surface area contributed by atoms with Crippen LogP contribution < -0.4 is 10.6 Å². The van der Waals surface area contributed by atoms with Crippen LogP contribution in [0.5, 0.6) is 0 Å². The number of carbonyl (C=O) groups is 2. The number of amides is 2. The van der Waals surface area contributed by atoms with Gasteiger partial charge in [-0.1, -0.05) is 37.8 Å². The first-order valence-corrected chi connectivity index (χ1v) is 9.40. The molecule has 0 aliphatic heterocycles. The van der Waals surface area contributed by atoms with Crippen molar-refractivity contribution in [1.29, 1.82) is 0 Å². The third kappa shape index (κ3) is 4.38. The van der Waals surface area contributed by atoms with Crippen molar-refractivity contribution >= 4 is 11.8 Å². The Morgan fingerprint density at radius 3 is 2.48 bits per heavy atom. The van der Waals surface area contributed by atoms with Crippen molar-refractivity contribution in [2.45, 2.75) is 70.8 Å². The summed E-state index contributed by atoms with van der Waals surface area (Å²) in [5.41, 5.74) is -0.541. The molecule has 1 aromatic heterocycles. The molecule has 1 aromatic rings. The molecule has 2 amide bonds. The zero-order chi connectivity index (χ0) is 17.9. The number of aryl methyl sites for hydroxylation is 1. The third-order valence-electron chi connectivity index (χ3n) is 5.39. The van der Waals surface area contributed by atoms with Crippen molar-refractivity contribution in [1.82, 2.24) is 20.8 Å². The van der Waals surface area contributed by atoms with E-state index in [-0.39, 0.29) is 24.2 Å². The molecule has 138 valence electrons. The quantitative estimate of drug-likeness (QED) is 0.768. The maximum Gasteiger partial charge on any atom is 0.223 e. The van der Waals surface area contributed by atoms with E-state index in [1.165, 1.54) is 0 Å². The Kier molecular flexibility index (Phi) is 5.39. The SMILES string of the molecule is Cc1nc(C2(NC(=O)CCNC(=O)[C@H]3C[C@H]3C)CCCCCC2)no1. The van der Waals surface area contributed by atoms with E-state index in [0.29, 0.717) is 24.2 Å². The minimum atomic E-state index is -0.541. The Morgan fingerprint density at radius 2 is 1.92 bits per heavy atom. The standard InChI is InChI=1S/C18H28N4O3/c1-12-11-14(12)16(24)19-10-7-15(23)21-18(8-5-3-4-6-9-18)17-20-13(2)25-22-17/h12,14H,3-11H2,1-2H3,(H,19,24)(H,21,23)/t12-,14+/m1/s1. The largest absolute Gasteiger partial charge is 0.355 e. The molecule has 0 spiro atoms. The second kappa shape index (κ2) is 7.54. The van der Waals surface area contributed by atoms with Crippen molar-refractivity contribution in [2.24, 2.45) is 11.8 Å². The maximum atomic E-state index is 12.5. The lowest BCUT2D eigenvalue weighted by Crippen LogP contribution is -2.47. The summed E-state index contributed by atoms with van der Waals surface area (Å²) in [4.78, 5) is 28.7. The number of hydrogen-bond donors (Lipinski definition) is 2. The van der Waals surface area contributed by atoms with E-state index in [1.807, 2.05) is 0 Å². The van der Waals surface area contributed by atoms with Gasteiger partial charge >= 0.3 is 0 Å². The summed E-state index contributed by atoms with van der Waals surface area (Å²) in [5, 5.41) is 10.1. The van der Waals surface area contributed by atoms with Gasteiger partial charge in [-0.05, 0) is 25.2 Å². The molecular formula is C18H28N4O3. The van der Waals surface area contributed by atoms with E-state index in [0.717, 1.165) is 44.9 Å². The monoisotopic (exact) mass is 348 g/mol. The van der Waals surface area contributed by atoms with Crippen LogP contribution in [-0.2, 0) is 15.1 Å². The zero-order valence-corrected chi connectivity index (χ0v) is 15.1. The molecule has 7 nitrogen and oxygen atoms in total. The fourth-order valence-electron chi connectivity index (χ4n) is 3.68. The minimum Gasteiger partial charge on any atom is -0.355 e. The fourth-order valence-corrected chi connectivity index (χ4v) is 3.68. The van der Waals surface area contributed by atoms with Gasteiger partial charge in [0.05, 0.1) is 0 Å². The van der Waals surface area contributed by atoms with E-state index in [1.54, 1.807) is 6.92 Å². The van der Waals surface area contributed by atoms with Gasteiger partial charge in [0, 0.05) is 25.8 Å². The van der Waals surface area contributed by atoms with E-state index in [9.17, 15) is 9.59 Å². The Morgan fingerprint density at radius 1 is 1.24 bits per heavy atom. The predicted octanol–water partition coefficient (Wildman–Crippen LogP) is 2.21. The number of hydrogen-bond acceptors (Lipinski definition) is 5. The Balaban J connectivity index is 1.57. The average Bonchev–Trinajstić information content (AvgIpc) is 3.22. The predicted molar refractivity (Wildman–Crippen MR) is 91.5 cm³/mol. The van der Waals surface area contributed by atoms with Crippen LogP contribution in [0.15, 0.2) is 4.52 Å². The number of carbonyl (C=O) groups excluding carboxylic acids is 2. The van der Waals surface area contributed by atoms with Crippen molar-refractivity contribution in [3.8, 4) is 0 Å². The zero-order valence-electron chi connectivity index (χ0n) is 15.1. The number of rotatable bonds is 6. The molecule has 2 saturated carbocycles. The van der Waals surface area contributed by atoms with Crippen LogP contribution in [0.25, 0.3) is 0 Å². The molecule has 0 aromatic carbocycles. The van der Waals surface area contributed by atoms with Gasteiger partial charge in [0.1, 0.15) is 5.54 Å². The second-order valence-corrected chi connectivity index (χ2v) is 7.54. The molecule has 25 heavy (non-hydrogen) atoms. The Labute approximate surface area is 148 Å². The molecule has 2 fully saturated rings. The van der Waals surface area contributed by atoms with Gasteiger partial charge in [-0.25, -0.2) is 0 Å². The number of aromatic nitrogens is 2. The third-order valence-corrected chi connectivity index (χ3v) is 5.39. The van der Waals surface area contributed by atoms with E-state index in [4.69, 9.17) is 4.52 Å². The summed E-state index contributed by atoms with van der Waals surface area (Å²) >= 11 is 0. The van der Waals surface area contributed by atoms with E-state index < -0.39 is 5.54 Å². The highest BCUT2D eigenvalue weighted by molar-refractivity contribution is 5.82. The van der Waals surface area contributed by atoms with Gasteiger partial charge in [-0.3, -0.25) is 9.59 Å². The highest BCUT2D eigenvalue weighted by Crippen LogP contribution is 2.37. The minimum absolute atomic E-state index is 0.0678. The summed E-state index contributed by atoms with van der Waals surface area (Å²) in [6.07, 6.45) is 7.25. The van der Waals surface area contributed by atoms with Crippen molar-refractivity contribution in [3.05, 3.63) is 11.7 Å². The molecule has 2 atom stereocenters. The van der Waals surface area contributed by atoms with Crippen LogP contribution in [-0.4, -0.2) is 28.5 Å². The summed E-state index contributed by atoms with van der Waals surface area (Å²) in [6.45, 7) is 4.20. The van der Waals surface area contributed by atoms with Crippen LogP contribution in [0.2, 0.25) is 0 Å². The van der Waals surface area contributed by atoms with Gasteiger partial charge in [0.25, 0.3) is 0 Å². The van der Waals surface area contributed by atoms with Crippen molar-refractivity contribution in [2.75, 3.05) is 6.54 Å². The molecule has 1 heterocycles. The van der Waals surface area contributed by atoms with Gasteiger partial charge in [0.2, 0.25) is 17.7 Å². The molecule has 0 radical (unpaired) electrons. The first-order chi connectivity index (χ1) is 12.0. The number of nitrogens with zero attached hydrogens (tertiary/aromatic N) is 2. The normalized spacial score (nSPS) is 25.0. The molecule has 0 unspecified atom stereocenters. The van der Waals surface area contributed by atoms with Crippen molar-refractivity contribution in [3.63, 3.8) is 0 Å². The molecule has 7 heteroatoms. The molecule has 0 saturated heterocycles. The first kappa shape index (κ1) is 17.9. The van der Waals surface area contributed by atoms with Crippen LogP contribution in [0, 0.1) is 18.8 Å². The van der Waals surface area contributed by atoms with Gasteiger partial charge in [0.15, 0.2) is 5.82 Å². The average molecular weight is 348 g/mol. The summed E-state index contributed by atoms with van der Waals surface area (Å²) in [6, 6.07) is 0. The van der Waals surface area contributed by atoms with Crippen LogP contribution >= 0.6 is 0 Å². The summed E-state index contributed by atoms with van der Waals surface area (Å²) < 4.78 is 5.15.